The first kappa shape index (κ1) is 15.7. The molecule has 0 saturated heterocycles. The summed E-state index contributed by atoms with van der Waals surface area (Å²) >= 11 is 0. The zero-order valence-electron chi connectivity index (χ0n) is 2.79. The maximum Gasteiger partial charge on any atom is 4.00 e. The summed E-state index contributed by atoms with van der Waals surface area (Å²) < 4.78 is 0. The summed E-state index contributed by atoms with van der Waals surface area (Å²) in [5, 5.41) is 25.2. The van der Waals surface area contributed by atoms with Crippen molar-refractivity contribution < 1.29 is 71.7 Å². The first-order valence-electron chi connectivity index (χ1n) is 0.707. The van der Waals surface area contributed by atoms with Crippen molar-refractivity contribution in [2.24, 2.45) is 0 Å². The van der Waals surface area contributed by atoms with Gasteiger partial charge in [0, 0.05) is 0 Å². The van der Waals surface area contributed by atoms with Gasteiger partial charge in [-0.2, -0.15) is 0 Å². The van der Waals surface area contributed by atoms with E-state index in [9.17, 15) is 0 Å². The Morgan fingerprint density at radius 2 is 1.00 bits per heavy atom. The van der Waals surface area contributed by atoms with E-state index >= 15 is 0 Å². The van der Waals surface area contributed by atoms with Crippen LogP contribution in [0.25, 0.3) is 0 Å². The zero-order valence-corrected chi connectivity index (χ0v) is 8.42. The molecular weight excluding hydrogens is 294 g/mol. The molecule has 0 amide bonds. The predicted molar refractivity (Wildman–Crippen MR) is 5.75 cm³/mol. The topological polar surface area (TPSA) is 69.2 Å². The normalized spacial score (nSPS) is 4.50. The fraction of sp³-hybridized carbons (Fsp3) is 0. The van der Waals surface area contributed by atoms with Gasteiger partial charge < -0.3 is 15.1 Å². The Bertz CT molecular complexity index is 15.5. The van der Waals surface area contributed by atoms with Crippen molar-refractivity contribution in [3.8, 4) is 0 Å². The molecule has 0 unspecified atom stereocenters. The van der Waals surface area contributed by atoms with Gasteiger partial charge in [0.25, 0.3) is 0 Å². The monoisotopic (exact) mass is 296 g/mol. The Labute approximate surface area is 78.2 Å². The fourth-order valence-corrected chi connectivity index (χ4v) is 0. The summed E-state index contributed by atoms with van der Waals surface area (Å²) in [4.78, 5) is 0. The number of hydrogen-bond acceptors (Lipinski definition) is 3. The molecule has 0 saturated carbocycles. The average molecular weight is 294 g/mol. The van der Waals surface area contributed by atoms with E-state index in [-0.39, 0.29) is 56.7 Å². The van der Waals surface area contributed by atoms with E-state index < -0.39 is 7.32 Å². The second-order valence-corrected chi connectivity index (χ2v) is 0.289. The van der Waals surface area contributed by atoms with Crippen molar-refractivity contribution in [2.75, 3.05) is 0 Å². The molecule has 0 aromatic heterocycles. The maximum atomic E-state index is 8.42. The Balaban J connectivity index is -0.0000000450. The van der Waals surface area contributed by atoms with Crippen LogP contribution in [0.15, 0.2) is 0 Å². The molecule has 0 aliphatic carbocycles. The third-order valence-corrected chi connectivity index (χ3v) is 0. The van der Waals surface area contributed by atoms with Gasteiger partial charge in [-0.15, -0.1) is 0 Å². The molecule has 0 heterocycles. The van der Waals surface area contributed by atoms with Gasteiger partial charge in [-0.3, -0.25) is 7.32 Å². The van der Waals surface area contributed by atoms with Gasteiger partial charge in [0.1, 0.15) is 0 Å². The van der Waals surface area contributed by atoms with Gasteiger partial charge in [-0.1, -0.05) is 0 Å². The summed E-state index contributed by atoms with van der Waals surface area (Å²) in [6.07, 6.45) is 0. The van der Waals surface area contributed by atoms with Gasteiger partial charge in [0.2, 0.25) is 0 Å². The third kappa shape index (κ3) is 40.7. The minimum Gasteiger partial charge on any atom is -0.907 e. The molecule has 6 heavy (non-hydrogen) atoms. The minimum atomic E-state index is -2.92. The molecule has 26 valence electrons. The molecule has 6 heteroatoms. The molecule has 0 aromatic carbocycles. The molecule has 3 nitrogen and oxygen atoms in total. The van der Waals surface area contributed by atoms with Gasteiger partial charge in [0.05, 0.1) is 0 Å². The first-order valence-corrected chi connectivity index (χ1v) is 0.707. The van der Waals surface area contributed by atoms with Crippen LogP contribution in [-0.2, 0) is 21.1 Å². The van der Waals surface area contributed by atoms with Gasteiger partial charge in [-0.05, 0) is 0 Å². The Morgan fingerprint density at radius 1 is 1.00 bits per heavy atom. The Kier molecular flexibility index (Phi) is 26.0. The summed E-state index contributed by atoms with van der Waals surface area (Å²) in [7, 11) is -2.92. The van der Waals surface area contributed by atoms with Crippen molar-refractivity contribution in [3.63, 3.8) is 0 Å². The van der Waals surface area contributed by atoms with Crippen LogP contribution in [0, 0.1) is 35.6 Å². The van der Waals surface area contributed by atoms with E-state index in [0.717, 1.165) is 0 Å². The second kappa shape index (κ2) is 9.95. The summed E-state index contributed by atoms with van der Waals surface area (Å²) in [5.41, 5.74) is 0. The second-order valence-electron chi connectivity index (χ2n) is 0.289. The van der Waals surface area contributed by atoms with Crippen LogP contribution < -0.4 is 15.1 Å². The molecule has 0 fully saturated rings. The van der Waals surface area contributed by atoms with Crippen LogP contribution in [0.3, 0.4) is 0 Å². The molecule has 0 aliphatic rings. The van der Waals surface area contributed by atoms with Crippen molar-refractivity contribution in [2.45, 2.75) is 0 Å². The zero-order chi connectivity index (χ0) is 3.58. The van der Waals surface area contributed by atoms with E-state index in [4.69, 9.17) is 15.1 Å². The van der Waals surface area contributed by atoms with E-state index in [1.807, 2.05) is 0 Å². The summed E-state index contributed by atoms with van der Waals surface area (Å²) in [6, 6.07) is 0. The molecule has 0 aromatic rings. The van der Waals surface area contributed by atoms with E-state index in [2.05, 4.69) is 0 Å². The first-order chi connectivity index (χ1) is 1.73. The number of hydrogen-bond donors (Lipinski definition) is 0. The van der Waals surface area contributed by atoms with E-state index in [1.165, 1.54) is 0 Å². The molecule has 0 N–H and O–H groups in total. The van der Waals surface area contributed by atoms with Crippen molar-refractivity contribution in [1.82, 2.24) is 0 Å². The van der Waals surface area contributed by atoms with Crippen LogP contribution in [0.4, 0.5) is 0 Å². The molecular formula is BLaMoO3+4. The SMILES string of the molecule is [La+3].[Mo+4].[O-]B([O-])[O-]. The Morgan fingerprint density at radius 3 is 1.00 bits per heavy atom. The smallest absolute Gasteiger partial charge is 0.907 e. The van der Waals surface area contributed by atoms with Crippen LogP contribution in [0.5, 0.6) is 0 Å². The fourth-order valence-electron chi connectivity index (χ4n) is 0. The molecule has 0 bridgehead atoms. The summed E-state index contributed by atoms with van der Waals surface area (Å²) in [6.45, 7) is 0. The van der Waals surface area contributed by atoms with Gasteiger partial charge in [0.15, 0.2) is 0 Å². The Hall–Kier alpha value is 1.83. The third-order valence-electron chi connectivity index (χ3n) is 0. The standard InChI is InChI=1S/BO3.La.Mo/c2-1(3)4;;/q-3;+3;+4. The predicted octanol–water partition coefficient (Wildman–Crippen LogP) is -3.95. The largest absolute Gasteiger partial charge is 4.00 e. The van der Waals surface area contributed by atoms with Crippen LogP contribution in [0.1, 0.15) is 0 Å². The molecule has 0 radical (unpaired) electrons. The molecule has 0 atom stereocenters. The summed E-state index contributed by atoms with van der Waals surface area (Å²) in [5.74, 6) is 0. The van der Waals surface area contributed by atoms with E-state index in [1.54, 1.807) is 0 Å². The van der Waals surface area contributed by atoms with Crippen LogP contribution >= 0.6 is 0 Å². The van der Waals surface area contributed by atoms with E-state index in [0.29, 0.717) is 0 Å². The number of rotatable bonds is 0. The quantitative estimate of drug-likeness (QED) is 0.428. The van der Waals surface area contributed by atoms with Crippen molar-refractivity contribution >= 4 is 7.32 Å². The maximum absolute atomic E-state index is 8.42. The molecule has 0 rings (SSSR count). The van der Waals surface area contributed by atoms with Gasteiger partial charge in [-0.25, -0.2) is 0 Å². The minimum absolute atomic E-state index is 0. The van der Waals surface area contributed by atoms with Crippen LogP contribution in [-0.4, -0.2) is 7.32 Å². The van der Waals surface area contributed by atoms with Crippen molar-refractivity contribution in [3.05, 3.63) is 0 Å². The average Bonchev–Trinajstić information content (AvgIpc) is 0.811. The van der Waals surface area contributed by atoms with Gasteiger partial charge >= 0.3 is 56.7 Å². The molecule has 0 aliphatic heterocycles. The molecule has 0 spiro atoms. The van der Waals surface area contributed by atoms with Crippen molar-refractivity contribution in [1.29, 1.82) is 0 Å². The van der Waals surface area contributed by atoms with Crippen LogP contribution in [0.2, 0.25) is 0 Å².